The number of aromatic nitrogens is 2. The van der Waals surface area contributed by atoms with Crippen LogP contribution in [0.3, 0.4) is 0 Å². The molecule has 4 rings (SSSR count). The topological polar surface area (TPSA) is 108 Å². The van der Waals surface area contributed by atoms with Crippen LogP contribution in [0.2, 0.25) is 0 Å². The smallest absolute Gasteiger partial charge is 0.238 e. The van der Waals surface area contributed by atoms with Gasteiger partial charge in [0, 0.05) is 23.7 Å². The molecule has 8 nitrogen and oxygen atoms in total. The number of nitrogens with two attached hydrogens (primary N) is 1. The number of nitrogens with zero attached hydrogens (tertiary/aromatic N) is 3. The first-order chi connectivity index (χ1) is 13.4. The molecule has 0 aliphatic carbocycles. The molecule has 1 aliphatic heterocycles. The van der Waals surface area contributed by atoms with Crippen LogP contribution in [0.5, 0.6) is 11.5 Å². The molecule has 0 saturated carbocycles. The van der Waals surface area contributed by atoms with E-state index >= 15 is 0 Å². The van der Waals surface area contributed by atoms with E-state index in [-0.39, 0.29) is 4.90 Å². The first-order valence-corrected chi connectivity index (χ1v) is 10.3. The summed E-state index contributed by atoms with van der Waals surface area (Å²) in [4.78, 5) is 2.22. The molecule has 2 N–H and O–H groups in total. The molecule has 2 aromatic carbocycles. The number of benzene rings is 2. The van der Waals surface area contributed by atoms with E-state index in [1.807, 2.05) is 12.1 Å². The van der Waals surface area contributed by atoms with Gasteiger partial charge in [0.2, 0.25) is 10.0 Å². The van der Waals surface area contributed by atoms with Crippen LogP contribution in [0, 0.1) is 0 Å². The predicted molar refractivity (Wildman–Crippen MR) is 106 cm³/mol. The van der Waals surface area contributed by atoms with Gasteiger partial charge in [0.05, 0.1) is 36.5 Å². The fourth-order valence-electron chi connectivity index (χ4n) is 3.70. The minimum absolute atomic E-state index is 0.167. The molecule has 3 aromatic rings. The molecule has 0 amide bonds. The number of anilines is 2. The molecule has 0 bridgehead atoms. The third-order valence-corrected chi connectivity index (χ3v) is 5.92. The maximum Gasteiger partial charge on any atom is 0.238 e. The van der Waals surface area contributed by atoms with Gasteiger partial charge in [-0.25, -0.2) is 13.6 Å². The summed E-state index contributed by atoms with van der Waals surface area (Å²) < 4.78 is 34.8. The van der Waals surface area contributed by atoms with Gasteiger partial charge >= 0.3 is 0 Å². The van der Waals surface area contributed by atoms with Gasteiger partial charge in [-0.2, -0.15) is 10.2 Å². The highest BCUT2D eigenvalue weighted by Gasteiger charge is 2.26. The Morgan fingerprint density at radius 3 is 2.57 bits per heavy atom. The van der Waals surface area contributed by atoms with E-state index in [9.17, 15) is 8.42 Å². The second kappa shape index (κ2) is 6.92. The van der Waals surface area contributed by atoms with E-state index in [1.54, 1.807) is 38.6 Å². The zero-order valence-electron chi connectivity index (χ0n) is 15.5. The van der Waals surface area contributed by atoms with Crippen LogP contribution in [0.4, 0.5) is 11.4 Å². The summed E-state index contributed by atoms with van der Waals surface area (Å²) in [7, 11) is -0.661. The highest BCUT2D eigenvalue weighted by Crippen LogP contribution is 2.41. The molecule has 1 aliphatic rings. The van der Waals surface area contributed by atoms with Crippen LogP contribution in [0.1, 0.15) is 12.0 Å². The van der Waals surface area contributed by atoms with Crippen molar-refractivity contribution in [2.45, 2.75) is 17.7 Å². The van der Waals surface area contributed by atoms with Crippen LogP contribution in [0.15, 0.2) is 41.4 Å². The number of methoxy groups -OCH3 is 2. The Hall–Kier alpha value is -2.91. The summed E-state index contributed by atoms with van der Waals surface area (Å²) in [6, 6.07) is 8.79. The van der Waals surface area contributed by atoms with Crippen LogP contribution in [-0.4, -0.2) is 39.4 Å². The first kappa shape index (κ1) is 18.5. The zero-order valence-corrected chi connectivity index (χ0v) is 16.4. The van der Waals surface area contributed by atoms with Crippen LogP contribution in [-0.2, 0) is 16.4 Å². The normalized spacial score (nSPS) is 14.0. The van der Waals surface area contributed by atoms with Crippen molar-refractivity contribution in [2.24, 2.45) is 5.14 Å². The van der Waals surface area contributed by atoms with E-state index in [0.717, 1.165) is 35.3 Å². The molecule has 0 radical (unpaired) electrons. The Bertz CT molecular complexity index is 1160. The summed E-state index contributed by atoms with van der Waals surface area (Å²) in [5.74, 6) is 1.15. The van der Waals surface area contributed by atoms with Gasteiger partial charge < -0.3 is 14.4 Å². The number of rotatable bonds is 4. The summed E-state index contributed by atoms with van der Waals surface area (Å²) in [5.41, 5.74) is 3.01. The summed E-state index contributed by atoms with van der Waals surface area (Å²) in [6.45, 7) is 0.718. The fraction of sp³-hybridized carbons (Fsp3) is 0.263. The number of primary sulfonamides is 1. The van der Waals surface area contributed by atoms with Crippen molar-refractivity contribution in [1.29, 1.82) is 0 Å². The van der Waals surface area contributed by atoms with Crippen LogP contribution in [0.25, 0.3) is 10.9 Å². The van der Waals surface area contributed by atoms with Crippen molar-refractivity contribution in [3.05, 3.63) is 42.1 Å². The van der Waals surface area contributed by atoms with E-state index in [0.29, 0.717) is 23.4 Å². The van der Waals surface area contributed by atoms with Crippen molar-refractivity contribution in [3.63, 3.8) is 0 Å². The molecule has 28 heavy (non-hydrogen) atoms. The summed E-state index contributed by atoms with van der Waals surface area (Å²) in [6.07, 6.45) is 3.11. The molecule has 0 fully saturated rings. The fourth-order valence-corrected chi connectivity index (χ4v) is 4.51. The first-order valence-electron chi connectivity index (χ1n) is 8.73. The van der Waals surface area contributed by atoms with E-state index in [4.69, 9.17) is 14.6 Å². The molecule has 0 atom stereocenters. The molecular weight excluding hydrogens is 380 g/mol. The van der Waals surface area contributed by atoms with Gasteiger partial charge in [-0.1, -0.05) is 6.07 Å². The molecule has 1 aromatic heterocycles. The monoisotopic (exact) mass is 400 g/mol. The van der Waals surface area contributed by atoms with Crippen LogP contribution >= 0.6 is 0 Å². The van der Waals surface area contributed by atoms with Gasteiger partial charge in [-0.3, -0.25) is 0 Å². The van der Waals surface area contributed by atoms with Gasteiger partial charge in [-0.05, 0) is 36.6 Å². The third-order valence-electron chi connectivity index (χ3n) is 4.93. The second-order valence-electron chi connectivity index (χ2n) is 6.51. The minimum Gasteiger partial charge on any atom is -0.493 e. The number of sulfonamides is 1. The van der Waals surface area contributed by atoms with E-state index < -0.39 is 10.0 Å². The lowest BCUT2D eigenvalue weighted by Crippen LogP contribution is -2.27. The average molecular weight is 400 g/mol. The van der Waals surface area contributed by atoms with Crippen molar-refractivity contribution in [1.82, 2.24) is 10.2 Å². The lowest BCUT2D eigenvalue weighted by Gasteiger charge is -2.32. The van der Waals surface area contributed by atoms with Crippen molar-refractivity contribution >= 4 is 32.3 Å². The van der Waals surface area contributed by atoms with Gasteiger partial charge in [-0.15, -0.1) is 0 Å². The summed E-state index contributed by atoms with van der Waals surface area (Å²) in [5, 5.41) is 14.6. The maximum atomic E-state index is 12.0. The largest absolute Gasteiger partial charge is 0.493 e. The molecule has 0 saturated heterocycles. The zero-order chi connectivity index (χ0) is 19.9. The third kappa shape index (κ3) is 3.02. The van der Waals surface area contributed by atoms with Crippen LogP contribution < -0.4 is 19.5 Å². The quantitative estimate of drug-likeness (QED) is 0.716. The number of fused-ring (bicyclic) bond motifs is 2. The highest BCUT2D eigenvalue weighted by molar-refractivity contribution is 7.89. The number of ether oxygens (including phenoxy) is 2. The molecule has 0 spiro atoms. The van der Waals surface area contributed by atoms with Crippen molar-refractivity contribution in [2.75, 3.05) is 25.7 Å². The standard InChI is InChI=1S/C19H20N4O4S/c1-26-17-9-13-14(10-18(17)27-2)22-21-11-16(13)23-8-4-5-12-15(23)6-3-7-19(12)28(20,24)25/h3,6-7,9-11H,4-5,8H2,1-2H3,(H2,20,24,25). The SMILES string of the molecule is COc1cc2nncc(N3CCCc4c3cccc4S(N)(=O)=O)c2cc1OC. The lowest BCUT2D eigenvalue weighted by atomic mass is 10.0. The van der Waals surface area contributed by atoms with E-state index in [2.05, 4.69) is 15.1 Å². The Morgan fingerprint density at radius 1 is 1.11 bits per heavy atom. The summed E-state index contributed by atoms with van der Waals surface area (Å²) >= 11 is 0. The second-order valence-corrected chi connectivity index (χ2v) is 8.04. The Morgan fingerprint density at radius 2 is 1.86 bits per heavy atom. The van der Waals surface area contributed by atoms with Gasteiger partial charge in [0.15, 0.2) is 11.5 Å². The molecule has 0 unspecified atom stereocenters. The van der Waals surface area contributed by atoms with Gasteiger partial charge in [0.25, 0.3) is 0 Å². The van der Waals surface area contributed by atoms with Crippen molar-refractivity contribution < 1.29 is 17.9 Å². The number of hydrogen-bond donors (Lipinski definition) is 1. The Labute approximate surface area is 162 Å². The maximum absolute atomic E-state index is 12.0. The minimum atomic E-state index is -3.80. The van der Waals surface area contributed by atoms with Gasteiger partial charge in [0.1, 0.15) is 0 Å². The van der Waals surface area contributed by atoms with Crippen molar-refractivity contribution in [3.8, 4) is 11.5 Å². The van der Waals surface area contributed by atoms with E-state index in [1.165, 1.54) is 0 Å². The number of hydrogen-bond acceptors (Lipinski definition) is 7. The predicted octanol–water partition coefficient (Wildman–Crippen LogP) is 2.38. The highest BCUT2D eigenvalue weighted by atomic mass is 32.2. The molecule has 146 valence electrons. The Balaban J connectivity index is 1.94. The average Bonchev–Trinajstić information content (AvgIpc) is 2.70. The molecule has 9 heteroatoms. The molecular formula is C19H20N4O4S. The lowest BCUT2D eigenvalue weighted by molar-refractivity contribution is 0.355. The molecule has 2 heterocycles. The Kier molecular flexibility index (Phi) is 4.56.